The van der Waals surface area contributed by atoms with Crippen molar-refractivity contribution < 1.29 is 17.9 Å². The molecule has 0 fully saturated rings. The second-order valence-corrected chi connectivity index (χ2v) is 11.9. The van der Waals surface area contributed by atoms with Crippen molar-refractivity contribution in [3.8, 4) is 0 Å². The molecule has 10 heteroatoms. The summed E-state index contributed by atoms with van der Waals surface area (Å²) in [5.41, 5.74) is 2.52. The summed E-state index contributed by atoms with van der Waals surface area (Å²) in [6.07, 6.45) is 4.18. The molecule has 0 saturated carbocycles. The van der Waals surface area contributed by atoms with Crippen LogP contribution < -0.4 is 9.21 Å². The van der Waals surface area contributed by atoms with E-state index in [-0.39, 0.29) is 14.9 Å². The van der Waals surface area contributed by atoms with Gasteiger partial charge in [-0.05, 0) is 81.3 Å². The molecular weight excluding hydrogens is 509 g/mol. The minimum atomic E-state index is -4.19. The Morgan fingerprint density at radius 3 is 2.34 bits per heavy atom. The van der Waals surface area contributed by atoms with Gasteiger partial charge in [0.25, 0.3) is 10.0 Å². The third kappa shape index (κ3) is 5.72. The summed E-state index contributed by atoms with van der Waals surface area (Å²) < 4.78 is 33.9. The quantitative estimate of drug-likeness (QED) is 0.382. The number of hydrogen-bond donors (Lipinski definition) is 0. The SMILES string of the molecule is CC(C)(C)OC(=O)CN(c1ccc2c(c1)CCN2c1ccncc1)S(=O)(=O)c1cc(Cl)cc(Cl)c1. The molecule has 1 aromatic heterocycles. The lowest BCUT2D eigenvalue weighted by molar-refractivity contribution is -0.152. The van der Waals surface area contributed by atoms with Crippen molar-refractivity contribution >= 4 is 56.3 Å². The third-order valence-electron chi connectivity index (χ3n) is 5.34. The van der Waals surface area contributed by atoms with Crippen LogP contribution in [-0.2, 0) is 26.0 Å². The Balaban J connectivity index is 1.75. The van der Waals surface area contributed by atoms with Crippen molar-refractivity contribution in [1.29, 1.82) is 0 Å². The Labute approximate surface area is 215 Å². The molecule has 184 valence electrons. The molecule has 0 radical (unpaired) electrons. The molecule has 0 atom stereocenters. The number of halogens is 2. The molecule has 35 heavy (non-hydrogen) atoms. The largest absolute Gasteiger partial charge is 0.459 e. The van der Waals surface area contributed by atoms with E-state index in [4.69, 9.17) is 27.9 Å². The zero-order chi connectivity index (χ0) is 25.4. The number of rotatable bonds is 6. The molecule has 0 amide bonds. The smallest absolute Gasteiger partial charge is 0.327 e. The van der Waals surface area contributed by atoms with Gasteiger partial charge in [-0.25, -0.2) is 8.42 Å². The van der Waals surface area contributed by atoms with E-state index in [1.165, 1.54) is 18.2 Å². The normalized spacial score (nSPS) is 13.5. The molecule has 0 aliphatic carbocycles. The van der Waals surface area contributed by atoms with Gasteiger partial charge < -0.3 is 9.64 Å². The van der Waals surface area contributed by atoms with Crippen LogP contribution >= 0.6 is 23.2 Å². The number of anilines is 3. The number of esters is 1. The minimum Gasteiger partial charge on any atom is -0.459 e. The molecule has 1 aliphatic rings. The maximum atomic E-state index is 13.7. The predicted molar refractivity (Wildman–Crippen MR) is 138 cm³/mol. The highest BCUT2D eigenvalue weighted by Gasteiger charge is 2.31. The molecule has 0 unspecified atom stereocenters. The van der Waals surface area contributed by atoms with E-state index in [2.05, 4.69) is 9.88 Å². The van der Waals surface area contributed by atoms with E-state index in [1.54, 1.807) is 45.3 Å². The van der Waals surface area contributed by atoms with E-state index in [9.17, 15) is 13.2 Å². The summed E-state index contributed by atoms with van der Waals surface area (Å²) >= 11 is 12.2. The summed E-state index contributed by atoms with van der Waals surface area (Å²) in [5.74, 6) is -0.673. The van der Waals surface area contributed by atoms with Crippen molar-refractivity contribution in [2.24, 2.45) is 0 Å². The Kier molecular flexibility index (Phi) is 6.99. The summed E-state index contributed by atoms with van der Waals surface area (Å²) in [5, 5.41) is 0.352. The molecule has 4 rings (SSSR count). The second-order valence-electron chi connectivity index (χ2n) is 9.12. The molecule has 7 nitrogen and oxygen atoms in total. The van der Waals surface area contributed by atoms with Gasteiger partial charge >= 0.3 is 5.97 Å². The summed E-state index contributed by atoms with van der Waals surface area (Å²) in [4.78, 5) is 18.8. The predicted octanol–water partition coefficient (Wildman–Crippen LogP) is 5.62. The zero-order valence-corrected chi connectivity index (χ0v) is 21.9. The number of aromatic nitrogens is 1. The lowest BCUT2D eigenvalue weighted by Crippen LogP contribution is -2.39. The van der Waals surface area contributed by atoms with Crippen LogP contribution in [0.25, 0.3) is 0 Å². The summed E-state index contributed by atoms with van der Waals surface area (Å²) in [6.45, 7) is 5.42. The highest BCUT2D eigenvalue weighted by atomic mass is 35.5. The lowest BCUT2D eigenvalue weighted by atomic mass is 10.1. The maximum Gasteiger partial charge on any atom is 0.327 e. The van der Waals surface area contributed by atoms with Gasteiger partial charge in [-0.2, -0.15) is 0 Å². The first kappa shape index (κ1) is 25.3. The van der Waals surface area contributed by atoms with E-state index in [0.29, 0.717) is 5.69 Å². The van der Waals surface area contributed by atoms with Crippen LogP contribution in [0.2, 0.25) is 10.0 Å². The standard InChI is InChI=1S/C25H25Cl2N3O4S/c1-25(2,3)34-24(31)16-30(35(32,33)22-14-18(26)13-19(27)15-22)21-4-5-23-17(12-21)8-11-29(23)20-6-9-28-10-7-20/h4-7,9-10,12-15H,8,11,16H2,1-3H3. The second kappa shape index (κ2) is 9.68. The van der Waals surface area contributed by atoms with Crippen molar-refractivity contribution in [3.05, 3.63) is 76.5 Å². The van der Waals surface area contributed by atoms with Gasteiger partial charge in [-0.3, -0.25) is 14.1 Å². The van der Waals surface area contributed by atoms with Crippen LogP contribution in [0.1, 0.15) is 26.3 Å². The fraction of sp³-hybridized carbons (Fsp3) is 0.280. The van der Waals surface area contributed by atoms with Crippen LogP contribution in [0.5, 0.6) is 0 Å². The van der Waals surface area contributed by atoms with Crippen molar-refractivity contribution in [2.75, 3.05) is 22.3 Å². The number of benzene rings is 2. The minimum absolute atomic E-state index is 0.113. The van der Waals surface area contributed by atoms with Gasteiger partial charge in [-0.1, -0.05) is 23.2 Å². The maximum absolute atomic E-state index is 13.7. The van der Waals surface area contributed by atoms with Gasteiger partial charge in [0.05, 0.1) is 10.6 Å². The van der Waals surface area contributed by atoms with Crippen molar-refractivity contribution in [3.63, 3.8) is 0 Å². The van der Waals surface area contributed by atoms with Crippen LogP contribution in [0.4, 0.5) is 17.1 Å². The van der Waals surface area contributed by atoms with Crippen LogP contribution in [-0.4, -0.2) is 38.1 Å². The number of pyridine rings is 1. The number of ether oxygens (including phenoxy) is 1. The van der Waals surface area contributed by atoms with E-state index >= 15 is 0 Å². The Bertz CT molecular complexity index is 1340. The molecule has 0 saturated heterocycles. The fourth-order valence-electron chi connectivity index (χ4n) is 3.95. The zero-order valence-electron chi connectivity index (χ0n) is 19.5. The lowest BCUT2D eigenvalue weighted by Gasteiger charge is -2.27. The first-order chi connectivity index (χ1) is 16.4. The van der Waals surface area contributed by atoms with Gasteiger partial charge in [-0.15, -0.1) is 0 Å². The van der Waals surface area contributed by atoms with Crippen molar-refractivity contribution in [1.82, 2.24) is 4.98 Å². The third-order valence-corrected chi connectivity index (χ3v) is 7.53. The Hall–Kier alpha value is -2.81. The molecular formula is C25H25Cl2N3O4S. The van der Waals surface area contributed by atoms with Gasteiger partial charge in [0.2, 0.25) is 0 Å². The van der Waals surface area contributed by atoms with Crippen LogP contribution in [0.15, 0.2) is 65.8 Å². The Morgan fingerprint density at radius 2 is 1.71 bits per heavy atom. The average Bonchev–Trinajstić information content (AvgIpc) is 3.19. The first-order valence-corrected chi connectivity index (χ1v) is 13.1. The number of sulfonamides is 1. The molecule has 0 bridgehead atoms. The molecule has 2 heterocycles. The van der Waals surface area contributed by atoms with E-state index < -0.39 is 28.1 Å². The molecule has 3 aromatic rings. The number of nitrogens with zero attached hydrogens (tertiary/aromatic N) is 3. The van der Waals surface area contributed by atoms with E-state index in [1.807, 2.05) is 18.2 Å². The molecule has 1 aliphatic heterocycles. The van der Waals surface area contributed by atoms with E-state index in [0.717, 1.165) is 34.2 Å². The fourth-order valence-corrected chi connectivity index (χ4v) is 6.07. The number of carbonyl (C=O) groups excluding carboxylic acids is 1. The topological polar surface area (TPSA) is 79.8 Å². The number of fused-ring (bicyclic) bond motifs is 1. The van der Waals surface area contributed by atoms with Gasteiger partial charge in [0.1, 0.15) is 12.1 Å². The van der Waals surface area contributed by atoms with Crippen LogP contribution in [0, 0.1) is 0 Å². The van der Waals surface area contributed by atoms with Gasteiger partial charge in [0, 0.05) is 40.4 Å². The number of hydrogen-bond acceptors (Lipinski definition) is 6. The molecule has 0 N–H and O–H groups in total. The number of carbonyl (C=O) groups is 1. The monoisotopic (exact) mass is 533 g/mol. The highest BCUT2D eigenvalue weighted by molar-refractivity contribution is 7.92. The Morgan fingerprint density at radius 1 is 1.06 bits per heavy atom. The van der Waals surface area contributed by atoms with Crippen molar-refractivity contribution in [2.45, 2.75) is 37.7 Å². The molecule has 0 spiro atoms. The van der Waals surface area contributed by atoms with Gasteiger partial charge in [0.15, 0.2) is 0 Å². The first-order valence-electron chi connectivity index (χ1n) is 11.0. The van der Waals surface area contributed by atoms with Crippen LogP contribution in [0.3, 0.4) is 0 Å². The summed E-state index contributed by atoms with van der Waals surface area (Å²) in [6, 6.07) is 13.3. The average molecular weight is 534 g/mol. The highest BCUT2D eigenvalue weighted by Crippen LogP contribution is 2.38. The summed E-state index contributed by atoms with van der Waals surface area (Å²) in [7, 11) is -4.19. The molecule has 2 aromatic carbocycles.